The molecule has 120 valence electrons. The standard InChI is InChI=1S/C19H20O4/c1-3-23-19(21)16-10-8-14(9-11-16)17(20)13-12-15-6-4-5-7-18(15)22-2/h4-11H,3,12-13H2,1-2H3. The minimum absolute atomic E-state index is 0.0336. The van der Waals surface area contributed by atoms with E-state index in [1.54, 1.807) is 38.3 Å². The second kappa shape index (κ2) is 8.13. The summed E-state index contributed by atoms with van der Waals surface area (Å²) >= 11 is 0. The SMILES string of the molecule is CCOC(=O)c1ccc(C(=O)CCc2ccccc2OC)cc1. The Kier molecular flexibility index (Phi) is 5.92. The Morgan fingerprint density at radius 3 is 2.26 bits per heavy atom. The van der Waals surface area contributed by atoms with Crippen LogP contribution in [0, 0.1) is 0 Å². The van der Waals surface area contributed by atoms with Crippen LogP contribution in [0.5, 0.6) is 5.75 Å². The molecule has 4 nitrogen and oxygen atoms in total. The zero-order valence-electron chi connectivity index (χ0n) is 13.4. The fourth-order valence-corrected chi connectivity index (χ4v) is 2.31. The Morgan fingerprint density at radius 2 is 1.61 bits per heavy atom. The molecule has 0 atom stereocenters. The van der Waals surface area contributed by atoms with E-state index in [1.165, 1.54) is 0 Å². The average Bonchev–Trinajstić information content (AvgIpc) is 2.60. The molecule has 4 heteroatoms. The predicted octanol–water partition coefficient (Wildman–Crippen LogP) is 3.69. The van der Waals surface area contributed by atoms with Crippen molar-refractivity contribution in [1.29, 1.82) is 0 Å². The number of carbonyl (C=O) groups excluding carboxylic acids is 2. The number of Topliss-reactive ketones (excluding diaryl/α,β-unsaturated/α-hetero) is 1. The second-order valence-corrected chi connectivity index (χ2v) is 5.03. The molecule has 2 rings (SSSR count). The van der Waals surface area contributed by atoms with Crippen LogP contribution < -0.4 is 4.74 Å². The molecule has 0 saturated carbocycles. The van der Waals surface area contributed by atoms with Crippen LogP contribution in [0.1, 0.15) is 39.6 Å². The number of hydrogen-bond acceptors (Lipinski definition) is 4. The van der Waals surface area contributed by atoms with Gasteiger partial charge in [0.25, 0.3) is 0 Å². The molecule has 0 N–H and O–H groups in total. The maximum atomic E-state index is 12.3. The summed E-state index contributed by atoms with van der Waals surface area (Å²) in [6.45, 7) is 2.09. The highest BCUT2D eigenvalue weighted by Gasteiger charge is 2.11. The molecule has 0 radical (unpaired) electrons. The fourth-order valence-electron chi connectivity index (χ4n) is 2.31. The lowest BCUT2D eigenvalue weighted by molar-refractivity contribution is 0.0526. The Bertz CT molecular complexity index is 674. The molecule has 0 unspecified atom stereocenters. The van der Waals surface area contributed by atoms with E-state index in [4.69, 9.17) is 9.47 Å². The van der Waals surface area contributed by atoms with Crippen molar-refractivity contribution in [3.63, 3.8) is 0 Å². The first-order valence-electron chi connectivity index (χ1n) is 7.58. The highest BCUT2D eigenvalue weighted by Crippen LogP contribution is 2.20. The van der Waals surface area contributed by atoms with Crippen molar-refractivity contribution in [3.05, 3.63) is 65.2 Å². The molecular weight excluding hydrogens is 292 g/mol. The monoisotopic (exact) mass is 312 g/mol. The first kappa shape index (κ1) is 16.7. The number of ether oxygens (including phenoxy) is 2. The van der Waals surface area contributed by atoms with Gasteiger partial charge in [0.15, 0.2) is 5.78 Å². The zero-order chi connectivity index (χ0) is 16.7. The molecule has 23 heavy (non-hydrogen) atoms. The molecule has 0 spiro atoms. The van der Waals surface area contributed by atoms with Crippen LogP contribution in [0.3, 0.4) is 0 Å². The van der Waals surface area contributed by atoms with Gasteiger partial charge in [0.05, 0.1) is 19.3 Å². The van der Waals surface area contributed by atoms with Gasteiger partial charge in [-0.1, -0.05) is 30.3 Å². The molecule has 0 aromatic heterocycles. The van der Waals surface area contributed by atoms with Gasteiger partial charge in [-0.15, -0.1) is 0 Å². The second-order valence-electron chi connectivity index (χ2n) is 5.03. The quantitative estimate of drug-likeness (QED) is 0.578. The lowest BCUT2D eigenvalue weighted by Gasteiger charge is -2.08. The largest absolute Gasteiger partial charge is 0.496 e. The molecule has 0 aliphatic rings. The molecule has 0 aliphatic heterocycles. The van der Waals surface area contributed by atoms with Gasteiger partial charge in [-0.2, -0.15) is 0 Å². The third kappa shape index (κ3) is 4.42. The van der Waals surface area contributed by atoms with Crippen LogP contribution in [0.2, 0.25) is 0 Å². The molecule has 0 saturated heterocycles. The molecule has 0 heterocycles. The zero-order valence-corrected chi connectivity index (χ0v) is 13.4. The lowest BCUT2D eigenvalue weighted by Crippen LogP contribution is -2.06. The average molecular weight is 312 g/mol. The van der Waals surface area contributed by atoms with E-state index in [9.17, 15) is 9.59 Å². The third-order valence-corrected chi connectivity index (χ3v) is 3.53. The van der Waals surface area contributed by atoms with Crippen LogP contribution in [0.25, 0.3) is 0 Å². The van der Waals surface area contributed by atoms with Crippen molar-refractivity contribution in [2.24, 2.45) is 0 Å². The number of hydrogen-bond donors (Lipinski definition) is 0. The van der Waals surface area contributed by atoms with Crippen molar-refractivity contribution in [2.45, 2.75) is 19.8 Å². The Balaban J connectivity index is 1.99. The van der Waals surface area contributed by atoms with Crippen LogP contribution in [-0.4, -0.2) is 25.5 Å². The van der Waals surface area contributed by atoms with Crippen molar-refractivity contribution in [3.8, 4) is 5.75 Å². The topological polar surface area (TPSA) is 52.6 Å². The van der Waals surface area contributed by atoms with Crippen LogP contribution in [-0.2, 0) is 11.2 Å². The van der Waals surface area contributed by atoms with Crippen molar-refractivity contribution in [1.82, 2.24) is 0 Å². The molecule has 0 aliphatic carbocycles. The molecule has 2 aromatic rings. The van der Waals surface area contributed by atoms with E-state index in [0.29, 0.717) is 30.6 Å². The number of para-hydroxylation sites is 1. The Hall–Kier alpha value is -2.62. The van der Waals surface area contributed by atoms with Gasteiger partial charge in [-0.3, -0.25) is 4.79 Å². The van der Waals surface area contributed by atoms with E-state index >= 15 is 0 Å². The van der Waals surface area contributed by atoms with Gasteiger partial charge >= 0.3 is 5.97 Å². The number of esters is 1. The summed E-state index contributed by atoms with van der Waals surface area (Å²) in [5, 5.41) is 0. The summed E-state index contributed by atoms with van der Waals surface area (Å²) in [6, 6.07) is 14.2. The summed E-state index contributed by atoms with van der Waals surface area (Å²) in [5.41, 5.74) is 2.05. The Labute approximate surface area is 136 Å². The molecular formula is C19H20O4. The van der Waals surface area contributed by atoms with Crippen LogP contribution in [0.15, 0.2) is 48.5 Å². The maximum absolute atomic E-state index is 12.3. The van der Waals surface area contributed by atoms with E-state index in [2.05, 4.69) is 0 Å². The van der Waals surface area contributed by atoms with Gasteiger partial charge in [-0.05, 0) is 37.1 Å². The smallest absolute Gasteiger partial charge is 0.338 e. The highest BCUT2D eigenvalue weighted by atomic mass is 16.5. The number of carbonyl (C=O) groups is 2. The molecule has 0 amide bonds. The number of benzene rings is 2. The van der Waals surface area contributed by atoms with E-state index in [1.807, 2.05) is 24.3 Å². The van der Waals surface area contributed by atoms with Gasteiger partial charge in [-0.25, -0.2) is 4.79 Å². The summed E-state index contributed by atoms with van der Waals surface area (Å²) in [5.74, 6) is 0.449. The van der Waals surface area contributed by atoms with E-state index in [0.717, 1.165) is 11.3 Å². The van der Waals surface area contributed by atoms with Gasteiger partial charge in [0, 0.05) is 12.0 Å². The van der Waals surface area contributed by atoms with E-state index in [-0.39, 0.29) is 11.8 Å². The Morgan fingerprint density at radius 1 is 0.957 bits per heavy atom. The number of aryl methyl sites for hydroxylation is 1. The minimum Gasteiger partial charge on any atom is -0.496 e. The van der Waals surface area contributed by atoms with Gasteiger partial charge in [0.1, 0.15) is 5.75 Å². The third-order valence-electron chi connectivity index (χ3n) is 3.53. The summed E-state index contributed by atoms with van der Waals surface area (Å²) in [4.78, 5) is 23.9. The summed E-state index contributed by atoms with van der Waals surface area (Å²) in [7, 11) is 1.62. The number of methoxy groups -OCH3 is 1. The minimum atomic E-state index is -0.375. The fraction of sp³-hybridized carbons (Fsp3) is 0.263. The molecule has 0 fully saturated rings. The number of ketones is 1. The van der Waals surface area contributed by atoms with Crippen LogP contribution in [0.4, 0.5) is 0 Å². The summed E-state index contributed by atoms with van der Waals surface area (Å²) in [6.07, 6.45) is 1.00. The first-order valence-corrected chi connectivity index (χ1v) is 7.58. The van der Waals surface area contributed by atoms with Gasteiger partial charge < -0.3 is 9.47 Å². The van der Waals surface area contributed by atoms with Crippen molar-refractivity contribution >= 4 is 11.8 Å². The molecule has 0 bridgehead atoms. The van der Waals surface area contributed by atoms with Crippen LogP contribution >= 0.6 is 0 Å². The van der Waals surface area contributed by atoms with E-state index < -0.39 is 0 Å². The lowest BCUT2D eigenvalue weighted by atomic mass is 10.0. The highest BCUT2D eigenvalue weighted by molar-refractivity contribution is 5.97. The van der Waals surface area contributed by atoms with Crippen molar-refractivity contribution < 1.29 is 19.1 Å². The first-order chi connectivity index (χ1) is 11.2. The normalized spacial score (nSPS) is 10.2. The van der Waals surface area contributed by atoms with Gasteiger partial charge in [0.2, 0.25) is 0 Å². The number of rotatable bonds is 7. The summed E-state index contributed by atoms with van der Waals surface area (Å²) < 4.78 is 10.2. The van der Waals surface area contributed by atoms with Crippen molar-refractivity contribution in [2.75, 3.05) is 13.7 Å². The maximum Gasteiger partial charge on any atom is 0.338 e. The molecule has 2 aromatic carbocycles. The predicted molar refractivity (Wildman–Crippen MR) is 88.0 cm³/mol.